The first-order chi connectivity index (χ1) is 11.7. The molecule has 0 aromatic rings. The fraction of sp³-hybridized carbons (Fsp3) is 0.700. The third-order valence-corrected chi connectivity index (χ3v) is 6.54. The SMILES string of the molecule is C=C(/C=C\C(=C/C)OC)[C@H]1[C@@H]2COC[C@@H]2[C@H]1B1OC(C)(C)C(C)(C)O1. The Morgan fingerprint density at radius 2 is 1.68 bits per heavy atom. The number of hydrogen-bond acceptors (Lipinski definition) is 4. The minimum absolute atomic E-state index is 0.202. The summed E-state index contributed by atoms with van der Waals surface area (Å²) in [6, 6.07) is 0. The van der Waals surface area contributed by atoms with E-state index in [-0.39, 0.29) is 18.3 Å². The summed E-state index contributed by atoms with van der Waals surface area (Å²) >= 11 is 0. The molecule has 0 aromatic heterocycles. The summed E-state index contributed by atoms with van der Waals surface area (Å²) in [7, 11) is 1.48. The van der Waals surface area contributed by atoms with Crippen molar-refractivity contribution in [2.24, 2.45) is 17.8 Å². The maximum Gasteiger partial charge on any atom is 0.462 e. The van der Waals surface area contributed by atoms with Gasteiger partial charge in [0, 0.05) is 12.4 Å². The maximum absolute atomic E-state index is 6.35. The molecule has 1 aliphatic carbocycles. The predicted octanol–water partition coefficient (Wildman–Crippen LogP) is 4.00. The van der Waals surface area contributed by atoms with Crippen LogP contribution in [0.15, 0.2) is 36.1 Å². The van der Waals surface area contributed by atoms with Crippen LogP contribution in [0.3, 0.4) is 0 Å². The number of allylic oxidation sites excluding steroid dienone is 4. The standard InChI is InChI=1S/C20H31BO4/c1-8-14(22-7)10-9-13(2)17-15-11-23-12-16(15)18(17)21-24-19(3,4)20(5,6)25-21/h8-10,15-18H,2,11-12H2,1,3-7H3/b10-9-,14-8+/t15-,16+,17+,18-/m1/s1. The van der Waals surface area contributed by atoms with Crippen LogP contribution in [-0.4, -0.2) is 38.6 Å². The van der Waals surface area contributed by atoms with Crippen LogP contribution < -0.4 is 0 Å². The smallest absolute Gasteiger partial charge is 0.462 e. The highest BCUT2D eigenvalue weighted by Gasteiger charge is 2.64. The molecule has 0 aromatic carbocycles. The molecule has 2 saturated heterocycles. The van der Waals surface area contributed by atoms with Crippen LogP contribution >= 0.6 is 0 Å². The molecule has 0 radical (unpaired) electrons. The molecule has 3 fully saturated rings. The van der Waals surface area contributed by atoms with Crippen LogP contribution in [0.2, 0.25) is 5.82 Å². The lowest BCUT2D eigenvalue weighted by molar-refractivity contribution is 0.00578. The minimum Gasteiger partial charge on any atom is -0.497 e. The summed E-state index contributed by atoms with van der Waals surface area (Å²) in [6.07, 6.45) is 5.99. The van der Waals surface area contributed by atoms with E-state index in [1.165, 1.54) is 0 Å². The summed E-state index contributed by atoms with van der Waals surface area (Å²) < 4.78 is 23.8. The van der Waals surface area contributed by atoms with Crippen LogP contribution in [0.5, 0.6) is 0 Å². The van der Waals surface area contributed by atoms with Crippen molar-refractivity contribution in [1.29, 1.82) is 0 Å². The molecule has 2 aliphatic heterocycles. The van der Waals surface area contributed by atoms with Crippen LogP contribution in [0, 0.1) is 17.8 Å². The highest BCUT2D eigenvalue weighted by atomic mass is 16.7. The Morgan fingerprint density at radius 1 is 1.08 bits per heavy atom. The third-order valence-electron chi connectivity index (χ3n) is 6.54. The summed E-state index contributed by atoms with van der Waals surface area (Å²) in [4.78, 5) is 0. The minimum atomic E-state index is -0.307. The molecule has 4 nitrogen and oxygen atoms in total. The largest absolute Gasteiger partial charge is 0.497 e. The van der Waals surface area contributed by atoms with Gasteiger partial charge in [-0.2, -0.15) is 0 Å². The fourth-order valence-electron chi connectivity index (χ4n) is 4.28. The summed E-state index contributed by atoms with van der Waals surface area (Å²) in [5.41, 5.74) is 0.485. The van der Waals surface area contributed by atoms with Gasteiger partial charge in [-0.15, -0.1) is 0 Å². The molecule has 4 atom stereocenters. The van der Waals surface area contributed by atoms with Gasteiger partial charge in [-0.25, -0.2) is 0 Å². The monoisotopic (exact) mass is 346 g/mol. The highest BCUT2D eigenvalue weighted by Crippen LogP contribution is 2.60. The zero-order valence-corrected chi connectivity index (χ0v) is 16.4. The Kier molecular flexibility index (Phi) is 4.95. The number of rotatable bonds is 5. The Balaban J connectivity index is 1.78. The second kappa shape index (κ2) is 6.60. The number of hydrogen-bond donors (Lipinski definition) is 0. The van der Waals surface area contributed by atoms with E-state index < -0.39 is 0 Å². The third kappa shape index (κ3) is 3.11. The van der Waals surface area contributed by atoms with E-state index >= 15 is 0 Å². The van der Waals surface area contributed by atoms with Crippen LogP contribution in [0.4, 0.5) is 0 Å². The molecule has 0 spiro atoms. The van der Waals surface area contributed by atoms with E-state index in [4.69, 9.17) is 18.8 Å². The van der Waals surface area contributed by atoms with Crippen molar-refractivity contribution < 1.29 is 18.8 Å². The molecule has 0 N–H and O–H groups in total. The van der Waals surface area contributed by atoms with Gasteiger partial charge in [-0.3, -0.25) is 0 Å². The lowest BCUT2D eigenvalue weighted by Gasteiger charge is -2.49. The number of fused-ring (bicyclic) bond motifs is 1. The van der Waals surface area contributed by atoms with Crippen LogP contribution in [-0.2, 0) is 18.8 Å². The second-order valence-corrected chi connectivity index (χ2v) is 8.40. The molecule has 3 rings (SSSR count). The Morgan fingerprint density at radius 3 is 2.24 bits per heavy atom. The predicted molar refractivity (Wildman–Crippen MR) is 100 cm³/mol. The highest BCUT2D eigenvalue weighted by molar-refractivity contribution is 6.48. The Bertz CT molecular complexity index is 577. The molecule has 0 bridgehead atoms. The zero-order valence-electron chi connectivity index (χ0n) is 16.4. The molecule has 25 heavy (non-hydrogen) atoms. The average molecular weight is 346 g/mol. The Labute approximate surface area is 152 Å². The molecule has 5 heteroatoms. The first-order valence-corrected chi connectivity index (χ1v) is 9.22. The van der Waals surface area contributed by atoms with Gasteiger partial charge in [-0.1, -0.05) is 18.2 Å². The number of ether oxygens (including phenoxy) is 2. The van der Waals surface area contributed by atoms with Gasteiger partial charge in [0.2, 0.25) is 0 Å². The molecule has 0 amide bonds. The van der Waals surface area contributed by atoms with Crippen molar-refractivity contribution >= 4 is 7.12 Å². The summed E-state index contributed by atoms with van der Waals surface area (Å²) in [6.45, 7) is 16.3. The van der Waals surface area contributed by atoms with Gasteiger partial charge in [0.25, 0.3) is 0 Å². The van der Waals surface area contributed by atoms with E-state index in [1.807, 2.05) is 19.1 Å². The van der Waals surface area contributed by atoms with Crippen molar-refractivity contribution in [3.63, 3.8) is 0 Å². The van der Waals surface area contributed by atoms with Gasteiger partial charge in [-0.05, 0) is 64.5 Å². The lowest BCUT2D eigenvalue weighted by Crippen LogP contribution is -2.50. The molecule has 0 unspecified atom stereocenters. The van der Waals surface area contributed by atoms with Gasteiger partial charge in [0.1, 0.15) is 5.76 Å². The zero-order chi connectivity index (χ0) is 18.4. The van der Waals surface area contributed by atoms with Crippen LogP contribution in [0.1, 0.15) is 34.6 Å². The lowest BCUT2D eigenvalue weighted by atomic mass is 9.43. The maximum atomic E-state index is 6.35. The molecular formula is C20H31BO4. The van der Waals surface area contributed by atoms with E-state index in [0.29, 0.717) is 23.6 Å². The van der Waals surface area contributed by atoms with E-state index in [1.54, 1.807) is 7.11 Å². The van der Waals surface area contributed by atoms with Crippen molar-refractivity contribution in [2.75, 3.05) is 20.3 Å². The second-order valence-electron chi connectivity index (χ2n) is 8.40. The summed E-state index contributed by atoms with van der Waals surface area (Å²) in [5, 5.41) is 0. The van der Waals surface area contributed by atoms with E-state index in [2.05, 4.69) is 40.3 Å². The van der Waals surface area contributed by atoms with Crippen molar-refractivity contribution in [3.05, 3.63) is 36.1 Å². The summed E-state index contributed by atoms with van der Waals surface area (Å²) in [5.74, 6) is 2.47. The Hall–Kier alpha value is -1.04. The fourth-order valence-corrected chi connectivity index (χ4v) is 4.28. The average Bonchev–Trinajstić information content (AvgIpc) is 2.99. The van der Waals surface area contributed by atoms with Gasteiger partial charge >= 0.3 is 7.12 Å². The number of methoxy groups -OCH3 is 1. The topological polar surface area (TPSA) is 36.9 Å². The normalized spacial score (nSPS) is 36.4. The van der Waals surface area contributed by atoms with Crippen molar-refractivity contribution in [1.82, 2.24) is 0 Å². The van der Waals surface area contributed by atoms with Crippen molar-refractivity contribution in [3.8, 4) is 0 Å². The molecule has 1 saturated carbocycles. The van der Waals surface area contributed by atoms with Crippen LogP contribution in [0.25, 0.3) is 0 Å². The van der Waals surface area contributed by atoms with E-state index in [9.17, 15) is 0 Å². The first kappa shape index (κ1) is 18.7. The van der Waals surface area contributed by atoms with Gasteiger partial charge in [0.15, 0.2) is 0 Å². The first-order valence-electron chi connectivity index (χ1n) is 9.22. The molecule has 2 heterocycles. The molecular weight excluding hydrogens is 315 g/mol. The van der Waals surface area contributed by atoms with Gasteiger partial charge < -0.3 is 18.8 Å². The molecule has 138 valence electrons. The van der Waals surface area contributed by atoms with Crippen molar-refractivity contribution in [2.45, 2.75) is 51.6 Å². The van der Waals surface area contributed by atoms with Gasteiger partial charge in [0.05, 0.1) is 24.9 Å². The quantitative estimate of drug-likeness (QED) is 0.428. The molecule has 3 aliphatic rings. The van der Waals surface area contributed by atoms with E-state index in [0.717, 1.165) is 24.5 Å².